The standard InChI is InChI=1S/C13H20N2OS/c1-3-6-10(2)15-11-7-4-5-8-12(11)17-9-13(14)16/h4-5,7-8,10,15H,3,6,9H2,1-2H3,(H2,14,16). The minimum Gasteiger partial charge on any atom is -0.382 e. The second-order valence-corrected chi connectivity index (χ2v) is 5.10. The number of rotatable bonds is 7. The molecule has 0 radical (unpaired) electrons. The Kier molecular flexibility index (Phi) is 5.91. The smallest absolute Gasteiger partial charge is 0.227 e. The van der Waals surface area contributed by atoms with Gasteiger partial charge in [-0.25, -0.2) is 0 Å². The highest BCUT2D eigenvalue weighted by atomic mass is 32.2. The van der Waals surface area contributed by atoms with Gasteiger partial charge in [0.25, 0.3) is 0 Å². The van der Waals surface area contributed by atoms with Crippen LogP contribution in [0.15, 0.2) is 29.2 Å². The fourth-order valence-corrected chi connectivity index (χ4v) is 2.39. The molecule has 1 atom stereocenters. The predicted octanol–water partition coefficient (Wildman–Crippen LogP) is 2.86. The molecule has 4 heteroatoms. The molecular formula is C13H20N2OS. The molecule has 1 rings (SSSR count). The zero-order valence-corrected chi connectivity index (χ0v) is 11.2. The van der Waals surface area contributed by atoms with Crippen LogP contribution >= 0.6 is 11.8 Å². The number of hydrogen-bond donors (Lipinski definition) is 2. The number of benzene rings is 1. The van der Waals surface area contributed by atoms with Crippen LogP contribution in [0.4, 0.5) is 5.69 Å². The zero-order valence-electron chi connectivity index (χ0n) is 10.4. The Morgan fingerprint density at radius 2 is 2.18 bits per heavy atom. The summed E-state index contributed by atoms with van der Waals surface area (Å²) in [6.07, 6.45) is 2.29. The molecule has 0 aliphatic heterocycles. The lowest BCUT2D eigenvalue weighted by Crippen LogP contribution is -2.16. The molecule has 0 aromatic heterocycles. The average molecular weight is 252 g/mol. The minimum absolute atomic E-state index is 0.286. The number of carbonyl (C=O) groups is 1. The predicted molar refractivity (Wildman–Crippen MR) is 74.4 cm³/mol. The van der Waals surface area contributed by atoms with E-state index in [1.165, 1.54) is 11.8 Å². The van der Waals surface area contributed by atoms with E-state index in [0.29, 0.717) is 11.8 Å². The van der Waals surface area contributed by atoms with Crippen molar-refractivity contribution in [3.63, 3.8) is 0 Å². The number of para-hydroxylation sites is 1. The highest BCUT2D eigenvalue weighted by molar-refractivity contribution is 8.00. The van der Waals surface area contributed by atoms with Crippen LogP contribution in [-0.2, 0) is 4.79 Å². The molecule has 0 heterocycles. The van der Waals surface area contributed by atoms with Crippen LogP contribution in [0.1, 0.15) is 26.7 Å². The van der Waals surface area contributed by atoms with Gasteiger partial charge in [-0.1, -0.05) is 25.5 Å². The van der Waals surface area contributed by atoms with Crippen molar-refractivity contribution in [2.45, 2.75) is 37.6 Å². The number of nitrogens with one attached hydrogen (secondary N) is 1. The molecule has 1 aromatic rings. The van der Waals surface area contributed by atoms with Gasteiger partial charge in [0, 0.05) is 16.6 Å². The number of thioether (sulfide) groups is 1. The summed E-state index contributed by atoms with van der Waals surface area (Å²) >= 11 is 1.48. The van der Waals surface area contributed by atoms with E-state index in [1.807, 2.05) is 24.3 Å². The first-order chi connectivity index (χ1) is 8.13. The first-order valence-electron chi connectivity index (χ1n) is 5.90. The first kappa shape index (κ1) is 13.9. The van der Waals surface area contributed by atoms with Crippen molar-refractivity contribution >= 4 is 23.4 Å². The second-order valence-electron chi connectivity index (χ2n) is 4.09. The molecule has 0 aliphatic rings. The van der Waals surface area contributed by atoms with Crippen LogP contribution in [0.25, 0.3) is 0 Å². The molecule has 0 saturated carbocycles. The fraction of sp³-hybridized carbons (Fsp3) is 0.462. The number of primary amides is 1. The van der Waals surface area contributed by atoms with E-state index in [2.05, 4.69) is 19.2 Å². The number of carbonyl (C=O) groups excluding carboxylic acids is 1. The van der Waals surface area contributed by atoms with Gasteiger partial charge >= 0.3 is 0 Å². The number of anilines is 1. The normalized spacial score (nSPS) is 12.1. The largest absolute Gasteiger partial charge is 0.382 e. The Morgan fingerprint density at radius 3 is 2.82 bits per heavy atom. The highest BCUT2D eigenvalue weighted by Gasteiger charge is 2.06. The van der Waals surface area contributed by atoms with E-state index in [0.717, 1.165) is 23.4 Å². The van der Waals surface area contributed by atoms with E-state index in [1.54, 1.807) is 0 Å². The molecule has 3 N–H and O–H groups in total. The first-order valence-corrected chi connectivity index (χ1v) is 6.88. The molecule has 1 aromatic carbocycles. The average Bonchev–Trinajstić information content (AvgIpc) is 2.28. The Balaban J connectivity index is 2.66. The molecule has 0 spiro atoms. The Morgan fingerprint density at radius 1 is 1.47 bits per heavy atom. The zero-order chi connectivity index (χ0) is 12.7. The maximum Gasteiger partial charge on any atom is 0.227 e. The molecule has 0 saturated heterocycles. The summed E-state index contributed by atoms with van der Waals surface area (Å²) in [5.41, 5.74) is 6.24. The van der Waals surface area contributed by atoms with Gasteiger partial charge in [-0.2, -0.15) is 0 Å². The summed E-state index contributed by atoms with van der Waals surface area (Å²) in [6.45, 7) is 4.34. The third-order valence-corrected chi connectivity index (χ3v) is 3.48. The van der Waals surface area contributed by atoms with Gasteiger partial charge in [0.1, 0.15) is 0 Å². The molecule has 0 aliphatic carbocycles. The fourth-order valence-electron chi connectivity index (χ4n) is 1.63. The molecular weight excluding hydrogens is 232 g/mol. The molecule has 0 fully saturated rings. The van der Waals surface area contributed by atoms with Gasteiger partial charge in [-0.3, -0.25) is 4.79 Å². The Bertz CT molecular complexity index is 368. The minimum atomic E-state index is -0.286. The van der Waals surface area contributed by atoms with Crippen LogP contribution in [0.5, 0.6) is 0 Å². The Hall–Kier alpha value is -1.16. The summed E-state index contributed by atoms with van der Waals surface area (Å²) < 4.78 is 0. The third-order valence-electron chi connectivity index (χ3n) is 2.38. The lowest BCUT2D eigenvalue weighted by Gasteiger charge is -2.17. The van der Waals surface area contributed by atoms with Crippen LogP contribution in [0.2, 0.25) is 0 Å². The third kappa shape index (κ3) is 5.13. The van der Waals surface area contributed by atoms with Crippen molar-refractivity contribution < 1.29 is 4.79 Å². The molecule has 17 heavy (non-hydrogen) atoms. The van der Waals surface area contributed by atoms with Gasteiger partial charge in [0.2, 0.25) is 5.91 Å². The maximum absolute atomic E-state index is 10.8. The SMILES string of the molecule is CCCC(C)Nc1ccccc1SCC(N)=O. The van der Waals surface area contributed by atoms with Crippen LogP contribution < -0.4 is 11.1 Å². The number of nitrogens with two attached hydrogens (primary N) is 1. The van der Waals surface area contributed by atoms with Gasteiger partial charge in [-0.05, 0) is 25.5 Å². The Labute approximate surface area is 107 Å². The van der Waals surface area contributed by atoms with E-state index < -0.39 is 0 Å². The summed E-state index contributed by atoms with van der Waals surface area (Å²) in [6, 6.07) is 8.45. The van der Waals surface area contributed by atoms with Gasteiger partial charge in [0.15, 0.2) is 0 Å². The summed E-state index contributed by atoms with van der Waals surface area (Å²) in [5.74, 6) is 0.0346. The molecule has 0 bridgehead atoms. The number of hydrogen-bond acceptors (Lipinski definition) is 3. The maximum atomic E-state index is 10.8. The van der Waals surface area contributed by atoms with Gasteiger partial charge in [0.05, 0.1) is 5.75 Å². The summed E-state index contributed by atoms with van der Waals surface area (Å²) in [7, 11) is 0. The quantitative estimate of drug-likeness (QED) is 0.734. The van der Waals surface area contributed by atoms with Crippen molar-refractivity contribution in [1.82, 2.24) is 0 Å². The molecule has 1 unspecified atom stereocenters. The monoisotopic (exact) mass is 252 g/mol. The topological polar surface area (TPSA) is 55.1 Å². The van der Waals surface area contributed by atoms with Crippen LogP contribution in [0.3, 0.4) is 0 Å². The van der Waals surface area contributed by atoms with Crippen molar-refractivity contribution in [3.05, 3.63) is 24.3 Å². The lowest BCUT2D eigenvalue weighted by atomic mass is 10.2. The second kappa shape index (κ2) is 7.22. The number of amides is 1. The van der Waals surface area contributed by atoms with E-state index >= 15 is 0 Å². The lowest BCUT2D eigenvalue weighted by molar-refractivity contribution is -0.115. The van der Waals surface area contributed by atoms with Crippen LogP contribution in [-0.4, -0.2) is 17.7 Å². The van der Waals surface area contributed by atoms with Crippen molar-refractivity contribution in [2.75, 3.05) is 11.1 Å². The van der Waals surface area contributed by atoms with E-state index in [-0.39, 0.29) is 5.91 Å². The van der Waals surface area contributed by atoms with Gasteiger partial charge in [-0.15, -0.1) is 11.8 Å². The molecule has 1 amide bonds. The molecule has 3 nitrogen and oxygen atoms in total. The van der Waals surface area contributed by atoms with E-state index in [9.17, 15) is 4.79 Å². The van der Waals surface area contributed by atoms with E-state index in [4.69, 9.17) is 5.73 Å². The van der Waals surface area contributed by atoms with Crippen LogP contribution in [0, 0.1) is 0 Å². The summed E-state index contributed by atoms with van der Waals surface area (Å²) in [5, 5.41) is 3.46. The summed E-state index contributed by atoms with van der Waals surface area (Å²) in [4.78, 5) is 11.9. The van der Waals surface area contributed by atoms with Gasteiger partial charge < -0.3 is 11.1 Å². The van der Waals surface area contributed by atoms with Crippen molar-refractivity contribution in [2.24, 2.45) is 5.73 Å². The highest BCUT2D eigenvalue weighted by Crippen LogP contribution is 2.27. The molecule has 94 valence electrons. The van der Waals surface area contributed by atoms with Crippen molar-refractivity contribution in [1.29, 1.82) is 0 Å². The van der Waals surface area contributed by atoms with Crippen molar-refractivity contribution in [3.8, 4) is 0 Å².